The van der Waals surface area contributed by atoms with Crippen LogP contribution in [0.1, 0.15) is 28.6 Å². The Morgan fingerprint density at radius 3 is 2.90 bits per heavy atom. The first-order chi connectivity index (χ1) is 14.0. The summed E-state index contributed by atoms with van der Waals surface area (Å²) < 4.78 is 6.79. The molecular weight excluding hydrogens is 396 g/mol. The molecular formula is C19H17ClN6O3. The molecule has 0 aliphatic carbocycles. The molecule has 0 radical (unpaired) electrons. The molecule has 3 aromatic rings. The third-order valence-electron chi connectivity index (χ3n) is 4.70. The molecule has 2 aromatic heterocycles. The Labute approximate surface area is 170 Å². The van der Waals surface area contributed by atoms with Gasteiger partial charge in [0.25, 0.3) is 11.5 Å². The van der Waals surface area contributed by atoms with E-state index in [9.17, 15) is 9.59 Å². The molecule has 1 aliphatic heterocycles. The fourth-order valence-corrected chi connectivity index (χ4v) is 3.43. The van der Waals surface area contributed by atoms with E-state index < -0.39 is 11.9 Å². The molecule has 0 bridgehead atoms. The first-order valence-electron chi connectivity index (χ1n) is 8.80. The quantitative estimate of drug-likeness (QED) is 0.626. The van der Waals surface area contributed by atoms with E-state index in [1.54, 1.807) is 16.8 Å². The lowest BCUT2D eigenvalue weighted by molar-refractivity contribution is 0.0933. The van der Waals surface area contributed by atoms with E-state index in [2.05, 4.69) is 20.3 Å². The average Bonchev–Trinajstić information content (AvgIpc) is 3.13. The minimum atomic E-state index is -0.446. The van der Waals surface area contributed by atoms with Gasteiger partial charge in [-0.25, -0.2) is 15.0 Å². The second-order valence-corrected chi connectivity index (χ2v) is 6.88. The van der Waals surface area contributed by atoms with Gasteiger partial charge in [0.1, 0.15) is 17.9 Å². The number of nitrogen functional groups attached to an aromatic ring is 1. The summed E-state index contributed by atoms with van der Waals surface area (Å²) in [6.45, 7) is 0.454. The third kappa shape index (κ3) is 3.52. The molecule has 0 fully saturated rings. The lowest BCUT2D eigenvalue weighted by Crippen LogP contribution is -2.30. The summed E-state index contributed by atoms with van der Waals surface area (Å²) in [5.41, 5.74) is 7.10. The number of ether oxygens (including phenoxy) is 1. The minimum Gasteiger partial charge on any atom is -0.496 e. The number of carbonyl (C=O) groups is 1. The number of benzene rings is 1. The van der Waals surface area contributed by atoms with E-state index in [0.29, 0.717) is 41.6 Å². The molecule has 1 aromatic carbocycles. The molecule has 148 valence electrons. The SMILES string of the molecule is COc1cc(N)c(Cl)cc1C(=O)NC1CCn2c1nc(-c1ccncn1)cc2=O. The van der Waals surface area contributed by atoms with Gasteiger partial charge in [0, 0.05) is 24.9 Å². The minimum absolute atomic E-state index is 0.200. The molecule has 0 saturated carbocycles. The highest BCUT2D eigenvalue weighted by atomic mass is 35.5. The summed E-state index contributed by atoms with van der Waals surface area (Å²) in [6.07, 6.45) is 3.50. The van der Waals surface area contributed by atoms with Gasteiger partial charge in [0.15, 0.2) is 0 Å². The van der Waals surface area contributed by atoms with Crippen LogP contribution in [0.2, 0.25) is 5.02 Å². The zero-order valence-corrected chi connectivity index (χ0v) is 16.2. The highest BCUT2D eigenvalue weighted by Gasteiger charge is 2.29. The number of nitrogens with one attached hydrogen (secondary N) is 1. The predicted molar refractivity (Wildman–Crippen MR) is 107 cm³/mol. The van der Waals surface area contributed by atoms with Crippen molar-refractivity contribution in [3.63, 3.8) is 0 Å². The maximum atomic E-state index is 12.9. The van der Waals surface area contributed by atoms with Crippen LogP contribution in [0.5, 0.6) is 5.75 Å². The molecule has 4 rings (SSSR count). The van der Waals surface area contributed by atoms with Crippen LogP contribution in [0.15, 0.2) is 41.6 Å². The number of methoxy groups -OCH3 is 1. The molecule has 3 N–H and O–H groups in total. The molecule has 1 atom stereocenters. The van der Waals surface area contributed by atoms with Gasteiger partial charge in [0.2, 0.25) is 0 Å². The van der Waals surface area contributed by atoms with Crippen molar-refractivity contribution in [3.05, 3.63) is 63.6 Å². The summed E-state index contributed by atoms with van der Waals surface area (Å²) >= 11 is 6.06. The molecule has 9 nitrogen and oxygen atoms in total. The van der Waals surface area contributed by atoms with Crippen molar-refractivity contribution >= 4 is 23.2 Å². The van der Waals surface area contributed by atoms with E-state index in [1.165, 1.54) is 31.6 Å². The maximum Gasteiger partial charge on any atom is 0.255 e. The van der Waals surface area contributed by atoms with E-state index in [0.717, 1.165) is 0 Å². The van der Waals surface area contributed by atoms with Crippen LogP contribution < -0.4 is 21.3 Å². The number of amides is 1. The van der Waals surface area contributed by atoms with Gasteiger partial charge in [0.05, 0.1) is 40.8 Å². The fourth-order valence-electron chi connectivity index (χ4n) is 3.26. The second-order valence-electron chi connectivity index (χ2n) is 6.47. The Bertz CT molecular complexity index is 1150. The lowest BCUT2D eigenvalue weighted by Gasteiger charge is -2.16. The number of rotatable bonds is 4. The lowest BCUT2D eigenvalue weighted by atomic mass is 10.1. The number of aromatic nitrogens is 4. The number of hydrogen-bond acceptors (Lipinski definition) is 7. The largest absolute Gasteiger partial charge is 0.496 e. The molecule has 3 heterocycles. The molecule has 0 spiro atoms. The van der Waals surface area contributed by atoms with Crippen molar-refractivity contribution in [2.45, 2.75) is 19.0 Å². The van der Waals surface area contributed by atoms with Crippen LogP contribution in [0.4, 0.5) is 5.69 Å². The summed E-state index contributed by atoms with van der Waals surface area (Å²) in [5, 5.41) is 3.16. The smallest absolute Gasteiger partial charge is 0.255 e. The highest BCUT2D eigenvalue weighted by Crippen LogP contribution is 2.30. The van der Waals surface area contributed by atoms with E-state index >= 15 is 0 Å². The first-order valence-corrected chi connectivity index (χ1v) is 9.17. The fraction of sp³-hybridized carbons (Fsp3) is 0.211. The molecule has 10 heteroatoms. The zero-order chi connectivity index (χ0) is 20.5. The van der Waals surface area contributed by atoms with Gasteiger partial charge in [-0.15, -0.1) is 0 Å². The normalized spacial score (nSPS) is 15.0. The first kappa shape index (κ1) is 18.9. The zero-order valence-electron chi connectivity index (χ0n) is 15.4. The van der Waals surface area contributed by atoms with Crippen molar-refractivity contribution in [3.8, 4) is 17.1 Å². The van der Waals surface area contributed by atoms with Gasteiger partial charge >= 0.3 is 0 Å². The van der Waals surface area contributed by atoms with Gasteiger partial charge in [-0.2, -0.15) is 0 Å². The average molecular weight is 413 g/mol. The Balaban J connectivity index is 1.67. The number of hydrogen-bond donors (Lipinski definition) is 2. The summed E-state index contributed by atoms with van der Waals surface area (Å²) in [7, 11) is 1.44. The number of nitrogens with zero attached hydrogens (tertiary/aromatic N) is 4. The van der Waals surface area contributed by atoms with Gasteiger partial charge in [-0.05, 0) is 18.6 Å². The van der Waals surface area contributed by atoms with Crippen molar-refractivity contribution in [2.24, 2.45) is 0 Å². The number of carbonyl (C=O) groups excluding carboxylic acids is 1. The third-order valence-corrected chi connectivity index (χ3v) is 5.03. The van der Waals surface area contributed by atoms with Gasteiger partial charge < -0.3 is 15.8 Å². The van der Waals surface area contributed by atoms with Crippen molar-refractivity contribution in [1.29, 1.82) is 0 Å². The second kappa shape index (κ2) is 7.51. The topological polar surface area (TPSA) is 125 Å². The molecule has 1 aliphatic rings. The monoisotopic (exact) mass is 412 g/mol. The van der Waals surface area contributed by atoms with Crippen LogP contribution in [0.3, 0.4) is 0 Å². The summed E-state index contributed by atoms with van der Waals surface area (Å²) in [6, 6.07) is 5.60. The Morgan fingerprint density at radius 2 is 2.17 bits per heavy atom. The van der Waals surface area contributed by atoms with E-state index in [4.69, 9.17) is 22.1 Å². The predicted octanol–water partition coefficient (Wildman–Crippen LogP) is 1.82. The number of halogens is 1. The van der Waals surface area contributed by atoms with E-state index in [-0.39, 0.29) is 16.1 Å². The van der Waals surface area contributed by atoms with Crippen LogP contribution in [0, 0.1) is 0 Å². The van der Waals surface area contributed by atoms with Crippen LogP contribution in [0.25, 0.3) is 11.4 Å². The van der Waals surface area contributed by atoms with Crippen LogP contribution >= 0.6 is 11.6 Å². The van der Waals surface area contributed by atoms with E-state index in [1.807, 2.05) is 0 Å². The van der Waals surface area contributed by atoms with Crippen LogP contribution in [-0.2, 0) is 6.54 Å². The van der Waals surface area contributed by atoms with Crippen molar-refractivity contribution < 1.29 is 9.53 Å². The Hall–Kier alpha value is -3.46. The summed E-state index contributed by atoms with van der Waals surface area (Å²) in [4.78, 5) is 37.9. The standard InChI is InChI=1S/C19H17ClN6O3/c1-29-16-7-12(21)11(20)6-10(16)19(28)25-14-3-5-26-17(27)8-15(24-18(14)26)13-2-4-22-9-23-13/h2,4,6-9,14H,3,5,21H2,1H3,(H,25,28). The number of fused-ring (bicyclic) bond motifs is 1. The molecule has 1 unspecified atom stereocenters. The van der Waals surface area contributed by atoms with Crippen molar-refractivity contribution in [1.82, 2.24) is 24.8 Å². The van der Waals surface area contributed by atoms with Crippen LogP contribution in [-0.4, -0.2) is 32.5 Å². The number of nitrogens with two attached hydrogens (primary N) is 1. The number of anilines is 1. The van der Waals surface area contributed by atoms with Gasteiger partial charge in [-0.3, -0.25) is 14.2 Å². The molecule has 0 saturated heterocycles. The summed E-state index contributed by atoms with van der Waals surface area (Å²) in [5.74, 6) is 0.381. The highest BCUT2D eigenvalue weighted by molar-refractivity contribution is 6.33. The van der Waals surface area contributed by atoms with Crippen molar-refractivity contribution in [2.75, 3.05) is 12.8 Å². The Kier molecular flexibility index (Phi) is 4.89. The molecule has 1 amide bonds. The van der Waals surface area contributed by atoms with Gasteiger partial charge in [-0.1, -0.05) is 11.6 Å². The maximum absolute atomic E-state index is 12.9. The Morgan fingerprint density at radius 1 is 1.34 bits per heavy atom. The molecule has 29 heavy (non-hydrogen) atoms.